The Morgan fingerprint density at radius 3 is 2.71 bits per heavy atom. The number of amides is 1. The average Bonchev–Trinajstić information content (AvgIpc) is 2.25. The monoisotopic (exact) mass is 258 g/mol. The largest absolute Gasteiger partial charge is 0.354 e. The first kappa shape index (κ1) is 14.8. The van der Waals surface area contributed by atoms with Crippen LogP contribution in [0.3, 0.4) is 0 Å². The predicted octanol–water partition coefficient (Wildman–Crippen LogP) is 2.15. The molecule has 0 radical (unpaired) electrons. The molecule has 1 saturated carbocycles. The van der Waals surface area contributed by atoms with E-state index in [4.69, 9.17) is 5.73 Å². The third-order valence-corrected chi connectivity index (χ3v) is 5.06. The van der Waals surface area contributed by atoms with Gasteiger partial charge in [-0.05, 0) is 39.9 Å². The number of nitrogens with one attached hydrogen (secondary N) is 1. The van der Waals surface area contributed by atoms with Crippen LogP contribution in [-0.2, 0) is 4.79 Å². The summed E-state index contributed by atoms with van der Waals surface area (Å²) in [5.41, 5.74) is 5.90. The zero-order valence-electron chi connectivity index (χ0n) is 11.5. The number of thioether (sulfide) groups is 1. The molecule has 0 aliphatic heterocycles. The van der Waals surface area contributed by atoms with Gasteiger partial charge in [-0.15, -0.1) is 0 Å². The lowest BCUT2D eigenvalue weighted by molar-refractivity contribution is -0.128. The van der Waals surface area contributed by atoms with Crippen molar-refractivity contribution in [2.45, 2.75) is 56.7 Å². The van der Waals surface area contributed by atoms with Gasteiger partial charge in [-0.2, -0.15) is 11.8 Å². The van der Waals surface area contributed by atoms with Crippen molar-refractivity contribution in [3.05, 3.63) is 0 Å². The molecule has 3 N–H and O–H groups in total. The van der Waals surface area contributed by atoms with E-state index in [-0.39, 0.29) is 22.1 Å². The van der Waals surface area contributed by atoms with Gasteiger partial charge >= 0.3 is 0 Å². The second-order valence-corrected chi connectivity index (χ2v) is 7.50. The van der Waals surface area contributed by atoms with Gasteiger partial charge in [0.05, 0.1) is 5.92 Å². The lowest BCUT2D eigenvalue weighted by Crippen LogP contribution is -2.54. The molecule has 0 spiro atoms. The molecule has 4 heteroatoms. The maximum Gasteiger partial charge on any atom is 0.225 e. The molecule has 1 fully saturated rings. The molecule has 17 heavy (non-hydrogen) atoms. The van der Waals surface area contributed by atoms with Crippen molar-refractivity contribution in [3.8, 4) is 0 Å². The van der Waals surface area contributed by atoms with Crippen molar-refractivity contribution in [2.24, 2.45) is 11.7 Å². The van der Waals surface area contributed by atoms with Crippen LogP contribution in [0.2, 0.25) is 0 Å². The van der Waals surface area contributed by atoms with Crippen LogP contribution in [0, 0.1) is 5.92 Å². The Bertz CT molecular complexity index is 277. The first-order valence-corrected chi connectivity index (χ1v) is 7.63. The van der Waals surface area contributed by atoms with Gasteiger partial charge in [-0.25, -0.2) is 0 Å². The number of hydrogen-bond acceptors (Lipinski definition) is 3. The number of carbonyl (C=O) groups is 1. The van der Waals surface area contributed by atoms with E-state index in [9.17, 15) is 4.79 Å². The maximum absolute atomic E-state index is 12.2. The lowest BCUT2D eigenvalue weighted by Gasteiger charge is -2.37. The van der Waals surface area contributed by atoms with Crippen LogP contribution >= 0.6 is 11.8 Å². The topological polar surface area (TPSA) is 55.1 Å². The van der Waals surface area contributed by atoms with Crippen LogP contribution in [0.15, 0.2) is 0 Å². The number of hydrogen-bond donors (Lipinski definition) is 2. The zero-order valence-corrected chi connectivity index (χ0v) is 12.3. The molecule has 0 aromatic rings. The summed E-state index contributed by atoms with van der Waals surface area (Å²) < 4.78 is 0.0926. The second-order valence-electron chi connectivity index (χ2n) is 5.99. The number of nitrogens with two attached hydrogens (primary N) is 1. The fourth-order valence-corrected chi connectivity index (χ4v) is 2.50. The molecule has 2 atom stereocenters. The van der Waals surface area contributed by atoms with Crippen LogP contribution in [0.5, 0.6) is 0 Å². The van der Waals surface area contributed by atoms with E-state index in [1.807, 2.05) is 6.92 Å². The van der Waals surface area contributed by atoms with Gasteiger partial charge in [0.1, 0.15) is 0 Å². The Hall–Kier alpha value is -0.220. The fraction of sp³-hybridized carbons (Fsp3) is 0.923. The molecule has 0 saturated heterocycles. The van der Waals surface area contributed by atoms with Crippen molar-refractivity contribution in [1.82, 2.24) is 5.32 Å². The Morgan fingerprint density at radius 2 is 2.18 bits per heavy atom. The lowest BCUT2D eigenvalue weighted by atomic mass is 9.74. The summed E-state index contributed by atoms with van der Waals surface area (Å²) in [6.07, 6.45) is 6.22. The Labute approximate surface area is 109 Å². The van der Waals surface area contributed by atoms with Gasteiger partial charge in [0.15, 0.2) is 0 Å². The highest BCUT2D eigenvalue weighted by atomic mass is 32.2. The van der Waals surface area contributed by atoms with Gasteiger partial charge < -0.3 is 11.1 Å². The highest BCUT2D eigenvalue weighted by Gasteiger charge is 2.37. The molecule has 0 bridgehead atoms. The highest BCUT2D eigenvalue weighted by molar-refractivity contribution is 7.99. The first-order chi connectivity index (χ1) is 7.78. The summed E-state index contributed by atoms with van der Waals surface area (Å²) >= 11 is 1.77. The normalized spacial score (nSPS) is 30.1. The van der Waals surface area contributed by atoms with Crippen LogP contribution in [0.4, 0.5) is 0 Å². The van der Waals surface area contributed by atoms with Gasteiger partial charge in [0.2, 0.25) is 5.91 Å². The van der Waals surface area contributed by atoms with Crippen molar-refractivity contribution >= 4 is 17.7 Å². The summed E-state index contributed by atoms with van der Waals surface area (Å²) in [6.45, 7) is 7.00. The smallest absolute Gasteiger partial charge is 0.225 e. The van der Waals surface area contributed by atoms with E-state index in [1.54, 1.807) is 11.8 Å². The number of carbonyl (C=O) groups excluding carboxylic acids is 1. The Kier molecular flexibility index (Phi) is 4.90. The average molecular weight is 258 g/mol. The molecule has 1 aliphatic carbocycles. The number of rotatable bonds is 4. The quantitative estimate of drug-likeness (QED) is 0.812. The molecule has 1 aliphatic rings. The van der Waals surface area contributed by atoms with Gasteiger partial charge in [0.25, 0.3) is 0 Å². The van der Waals surface area contributed by atoms with Crippen molar-refractivity contribution in [3.63, 3.8) is 0 Å². The summed E-state index contributed by atoms with van der Waals surface area (Å²) in [7, 11) is 0. The van der Waals surface area contributed by atoms with E-state index in [2.05, 4.69) is 25.4 Å². The predicted molar refractivity (Wildman–Crippen MR) is 75.2 cm³/mol. The molecular weight excluding hydrogens is 232 g/mol. The van der Waals surface area contributed by atoms with E-state index in [1.165, 1.54) is 0 Å². The molecule has 0 aromatic heterocycles. The maximum atomic E-state index is 12.2. The SMILES string of the molecule is CSC(C)(C)CNC(=O)C1CCCCC1(C)N. The van der Waals surface area contributed by atoms with Crippen molar-refractivity contribution in [1.29, 1.82) is 0 Å². The Balaban J connectivity index is 2.52. The van der Waals surface area contributed by atoms with Crippen LogP contribution in [-0.4, -0.2) is 29.0 Å². The molecule has 1 amide bonds. The second kappa shape index (κ2) is 5.61. The summed E-state index contributed by atoms with van der Waals surface area (Å²) in [5.74, 6) is 0.116. The first-order valence-electron chi connectivity index (χ1n) is 6.40. The van der Waals surface area contributed by atoms with Crippen LogP contribution in [0.25, 0.3) is 0 Å². The minimum atomic E-state index is -0.328. The van der Waals surface area contributed by atoms with Crippen molar-refractivity contribution < 1.29 is 4.79 Å². The summed E-state index contributed by atoms with van der Waals surface area (Å²) in [6, 6.07) is 0. The van der Waals surface area contributed by atoms with Gasteiger partial charge in [-0.3, -0.25) is 4.79 Å². The molecule has 0 aromatic carbocycles. The van der Waals surface area contributed by atoms with E-state index < -0.39 is 0 Å². The van der Waals surface area contributed by atoms with Crippen LogP contribution in [0.1, 0.15) is 46.5 Å². The van der Waals surface area contributed by atoms with Crippen molar-refractivity contribution in [2.75, 3.05) is 12.8 Å². The van der Waals surface area contributed by atoms with E-state index in [0.29, 0.717) is 6.54 Å². The molecule has 0 heterocycles. The van der Waals surface area contributed by atoms with Gasteiger partial charge in [0, 0.05) is 16.8 Å². The van der Waals surface area contributed by atoms with E-state index >= 15 is 0 Å². The third-order valence-electron chi connectivity index (χ3n) is 3.81. The zero-order chi connectivity index (χ0) is 13.1. The van der Waals surface area contributed by atoms with Crippen LogP contribution < -0.4 is 11.1 Å². The minimum absolute atomic E-state index is 0.0195. The fourth-order valence-electron chi connectivity index (χ4n) is 2.28. The van der Waals surface area contributed by atoms with Gasteiger partial charge in [-0.1, -0.05) is 12.8 Å². The highest BCUT2D eigenvalue weighted by Crippen LogP contribution is 2.31. The third kappa shape index (κ3) is 4.18. The molecule has 2 unspecified atom stereocenters. The molecular formula is C13H26N2OS. The molecule has 3 nitrogen and oxygen atoms in total. The summed E-state index contributed by atoms with van der Waals surface area (Å²) in [5, 5.41) is 3.06. The molecule has 1 rings (SSSR count). The minimum Gasteiger partial charge on any atom is -0.354 e. The standard InChI is InChI=1S/C13H26N2OS/c1-12(2,17-4)9-15-11(16)10-7-5-6-8-13(10,3)14/h10H,5-9,14H2,1-4H3,(H,15,16). The summed E-state index contributed by atoms with van der Waals surface area (Å²) in [4.78, 5) is 12.2. The Morgan fingerprint density at radius 1 is 1.53 bits per heavy atom. The molecule has 100 valence electrons. The van der Waals surface area contributed by atoms with E-state index in [0.717, 1.165) is 25.7 Å².